The highest BCUT2D eigenvalue weighted by Crippen LogP contribution is 2.48. The third-order valence-electron chi connectivity index (χ3n) is 5.77. The first-order valence-corrected chi connectivity index (χ1v) is 9.21. The minimum Gasteiger partial charge on any atom is -0.450 e. The molecule has 0 radical (unpaired) electrons. The van der Waals surface area contributed by atoms with Crippen molar-refractivity contribution in [1.82, 2.24) is 0 Å². The van der Waals surface area contributed by atoms with Gasteiger partial charge >= 0.3 is 7.12 Å². The maximum atomic E-state index is 6.18. The topological polar surface area (TPSA) is 36.9 Å². The van der Waals surface area contributed by atoms with Crippen LogP contribution >= 0.6 is 0 Å². The Balaban J connectivity index is 1.51. The van der Waals surface area contributed by atoms with Crippen LogP contribution in [0.3, 0.4) is 0 Å². The Morgan fingerprint density at radius 1 is 0.704 bits per heavy atom. The lowest BCUT2D eigenvalue weighted by Crippen LogP contribution is -2.41. The first-order chi connectivity index (χ1) is 12.8. The predicted molar refractivity (Wildman–Crippen MR) is 106 cm³/mol. The summed E-state index contributed by atoms with van der Waals surface area (Å²) in [7, 11) is -0.429. The Morgan fingerprint density at radius 2 is 1.41 bits per heavy atom. The highest BCUT2D eigenvalue weighted by molar-refractivity contribution is 6.62. The molecule has 3 aromatic carbocycles. The van der Waals surface area contributed by atoms with E-state index < -0.39 is 7.12 Å². The van der Waals surface area contributed by atoms with Crippen LogP contribution in [0.1, 0.15) is 27.7 Å². The third-order valence-corrected chi connectivity index (χ3v) is 5.77. The second-order valence-corrected chi connectivity index (χ2v) is 8.11. The zero-order chi connectivity index (χ0) is 18.8. The van der Waals surface area contributed by atoms with Gasteiger partial charge in [0.25, 0.3) is 0 Å². The summed E-state index contributed by atoms with van der Waals surface area (Å²) in [5, 5.41) is 2.16. The standard InChI is InChI=1S/C22H21BO4/c1-21(2)22(3,4)27-23(26-21)15-10-12-17-19(13-15)24-18-11-9-14-7-5-6-8-16(14)20(18)25-17/h5-13H,1-4H3. The van der Waals surface area contributed by atoms with Gasteiger partial charge in [-0.15, -0.1) is 0 Å². The van der Waals surface area contributed by atoms with Crippen LogP contribution in [-0.4, -0.2) is 18.3 Å². The molecule has 0 amide bonds. The number of hydrogen-bond acceptors (Lipinski definition) is 4. The summed E-state index contributed by atoms with van der Waals surface area (Å²) in [6.45, 7) is 8.19. The van der Waals surface area contributed by atoms with E-state index in [1.807, 2.05) is 76.2 Å². The van der Waals surface area contributed by atoms with Gasteiger partial charge in [0.1, 0.15) is 0 Å². The largest absolute Gasteiger partial charge is 0.494 e. The molecule has 0 aliphatic carbocycles. The molecule has 1 fully saturated rings. The number of rotatable bonds is 1. The van der Waals surface area contributed by atoms with Gasteiger partial charge in [-0.1, -0.05) is 36.4 Å². The molecule has 0 atom stereocenters. The number of fused-ring (bicyclic) bond motifs is 4. The summed E-state index contributed by atoms with van der Waals surface area (Å²) in [5.74, 6) is 2.83. The average molecular weight is 360 g/mol. The molecule has 1 saturated heterocycles. The molecular weight excluding hydrogens is 339 g/mol. The number of benzene rings is 3. The Labute approximate surface area is 159 Å². The SMILES string of the molecule is CC1(C)OB(c2ccc3c(c2)Oc2ccc4ccccc4c2O3)OC1(C)C. The van der Waals surface area contributed by atoms with E-state index in [4.69, 9.17) is 18.8 Å². The van der Waals surface area contributed by atoms with Crippen molar-refractivity contribution in [1.29, 1.82) is 0 Å². The first-order valence-electron chi connectivity index (χ1n) is 9.21. The van der Waals surface area contributed by atoms with Crippen LogP contribution in [0, 0.1) is 0 Å². The van der Waals surface area contributed by atoms with Crippen molar-refractivity contribution in [3.63, 3.8) is 0 Å². The Morgan fingerprint density at radius 3 is 2.19 bits per heavy atom. The van der Waals surface area contributed by atoms with Crippen molar-refractivity contribution in [2.24, 2.45) is 0 Å². The van der Waals surface area contributed by atoms with E-state index in [9.17, 15) is 0 Å². The highest BCUT2D eigenvalue weighted by atomic mass is 16.7. The Kier molecular flexibility index (Phi) is 3.40. The van der Waals surface area contributed by atoms with Gasteiger partial charge in [0.2, 0.25) is 0 Å². The fourth-order valence-corrected chi connectivity index (χ4v) is 3.45. The van der Waals surface area contributed by atoms with E-state index in [0.29, 0.717) is 17.2 Å². The highest BCUT2D eigenvalue weighted by Gasteiger charge is 2.51. The molecule has 0 saturated carbocycles. The van der Waals surface area contributed by atoms with Crippen molar-refractivity contribution < 1.29 is 18.8 Å². The minimum absolute atomic E-state index is 0.379. The molecule has 2 heterocycles. The maximum Gasteiger partial charge on any atom is 0.494 e. The summed E-state index contributed by atoms with van der Waals surface area (Å²) >= 11 is 0. The van der Waals surface area contributed by atoms with Gasteiger partial charge in [0.15, 0.2) is 23.0 Å². The quantitative estimate of drug-likeness (QED) is 0.446. The van der Waals surface area contributed by atoms with Crippen molar-refractivity contribution in [3.8, 4) is 23.0 Å². The molecule has 4 nitrogen and oxygen atoms in total. The second-order valence-electron chi connectivity index (χ2n) is 8.11. The van der Waals surface area contributed by atoms with E-state index in [-0.39, 0.29) is 11.2 Å². The molecule has 0 N–H and O–H groups in total. The van der Waals surface area contributed by atoms with Gasteiger partial charge in [0, 0.05) is 5.39 Å². The molecule has 136 valence electrons. The van der Waals surface area contributed by atoms with Gasteiger partial charge in [-0.2, -0.15) is 0 Å². The molecule has 27 heavy (non-hydrogen) atoms. The molecule has 0 spiro atoms. The Bertz CT molecular complexity index is 1040. The lowest BCUT2D eigenvalue weighted by molar-refractivity contribution is 0.00578. The first kappa shape index (κ1) is 16.7. The molecule has 0 unspecified atom stereocenters. The van der Waals surface area contributed by atoms with Crippen molar-refractivity contribution >= 4 is 23.4 Å². The van der Waals surface area contributed by atoms with Crippen LogP contribution in [0.4, 0.5) is 0 Å². The molecule has 2 aliphatic heterocycles. The molecule has 0 bridgehead atoms. The normalized spacial score (nSPS) is 19.2. The zero-order valence-electron chi connectivity index (χ0n) is 15.9. The van der Waals surface area contributed by atoms with Crippen LogP contribution < -0.4 is 14.9 Å². The van der Waals surface area contributed by atoms with E-state index in [2.05, 4.69) is 6.07 Å². The van der Waals surface area contributed by atoms with Crippen LogP contribution in [0.5, 0.6) is 23.0 Å². The minimum atomic E-state index is -0.429. The van der Waals surface area contributed by atoms with Crippen molar-refractivity contribution in [2.75, 3.05) is 0 Å². The van der Waals surface area contributed by atoms with Crippen molar-refractivity contribution in [2.45, 2.75) is 38.9 Å². The fourth-order valence-electron chi connectivity index (χ4n) is 3.45. The lowest BCUT2D eigenvalue weighted by atomic mass is 9.79. The number of ether oxygens (including phenoxy) is 2. The smallest absolute Gasteiger partial charge is 0.450 e. The molecule has 0 aromatic heterocycles. The van der Waals surface area contributed by atoms with E-state index in [0.717, 1.165) is 22.0 Å². The van der Waals surface area contributed by atoms with Crippen LogP contribution in [0.2, 0.25) is 0 Å². The molecule has 5 heteroatoms. The predicted octanol–water partition coefficient (Wildman–Crippen LogP) is 5.04. The van der Waals surface area contributed by atoms with Crippen LogP contribution in [-0.2, 0) is 9.31 Å². The second kappa shape index (κ2) is 5.50. The van der Waals surface area contributed by atoms with E-state index in [1.165, 1.54) is 0 Å². The summed E-state index contributed by atoms with van der Waals surface area (Å²) < 4.78 is 24.6. The van der Waals surface area contributed by atoms with Crippen LogP contribution in [0.15, 0.2) is 54.6 Å². The van der Waals surface area contributed by atoms with E-state index >= 15 is 0 Å². The van der Waals surface area contributed by atoms with Gasteiger partial charge in [0.05, 0.1) is 11.2 Å². The van der Waals surface area contributed by atoms with E-state index in [1.54, 1.807) is 0 Å². The maximum absolute atomic E-state index is 6.18. The molecule has 5 rings (SSSR count). The Hall–Kier alpha value is -2.50. The van der Waals surface area contributed by atoms with Crippen molar-refractivity contribution in [3.05, 3.63) is 54.6 Å². The van der Waals surface area contributed by atoms with Gasteiger partial charge in [-0.05, 0) is 56.7 Å². The third kappa shape index (κ3) is 2.53. The monoisotopic (exact) mass is 360 g/mol. The summed E-state index contributed by atoms with van der Waals surface area (Å²) in [6.07, 6.45) is 0. The molecular formula is C22H21BO4. The van der Waals surface area contributed by atoms with Gasteiger partial charge < -0.3 is 18.8 Å². The van der Waals surface area contributed by atoms with Crippen LogP contribution in [0.25, 0.3) is 10.8 Å². The lowest BCUT2D eigenvalue weighted by Gasteiger charge is -2.32. The van der Waals surface area contributed by atoms with Gasteiger partial charge in [-0.3, -0.25) is 0 Å². The number of hydrogen-bond donors (Lipinski definition) is 0. The average Bonchev–Trinajstić information content (AvgIpc) is 2.87. The summed E-state index contributed by atoms with van der Waals surface area (Å²) in [6, 6.07) is 17.9. The molecule has 2 aliphatic rings. The molecule has 3 aromatic rings. The zero-order valence-corrected chi connectivity index (χ0v) is 15.9. The fraction of sp³-hybridized carbons (Fsp3) is 0.273. The summed E-state index contributed by atoms with van der Waals surface area (Å²) in [4.78, 5) is 0. The van der Waals surface area contributed by atoms with Gasteiger partial charge in [-0.25, -0.2) is 0 Å². The summed E-state index contributed by atoms with van der Waals surface area (Å²) in [5.41, 5.74) is 0.160.